The van der Waals surface area contributed by atoms with Crippen molar-refractivity contribution >= 4 is 22.8 Å². The summed E-state index contributed by atoms with van der Waals surface area (Å²) in [5.41, 5.74) is 4.73. The minimum atomic E-state index is -0.447. The standard InChI is InChI=1S/C14H10ClFN4.C11H16N2/c1-7-8(2)20-14-13(19-7)12(17-6-18-14)10-4-3-9(15)5-11(10)16;1-2-4-9(3-1)10-7-12-13(8-10)11-5-6-11/h3-6H,1-2H3;7-9,11H,1-6H2. The Hall–Kier alpha value is -2.93. The lowest BCUT2D eigenvalue weighted by molar-refractivity contribution is 0.631. The maximum absolute atomic E-state index is 14.1. The third kappa shape index (κ3) is 4.74. The van der Waals surface area contributed by atoms with Crippen LogP contribution in [0.25, 0.3) is 22.4 Å². The van der Waals surface area contributed by atoms with Crippen LogP contribution in [-0.2, 0) is 0 Å². The monoisotopic (exact) mass is 464 g/mol. The van der Waals surface area contributed by atoms with E-state index in [9.17, 15) is 4.39 Å². The zero-order chi connectivity index (χ0) is 22.9. The van der Waals surface area contributed by atoms with Crippen LogP contribution in [0, 0.1) is 19.7 Å². The molecule has 2 saturated carbocycles. The highest BCUT2D eigenvalue weighted by Gasteiger charge is 2.26. The quantitative estimate of drug-likeness (QED) is 0.352. The second kappa shape index (κ2) is 9.14. The summed E-state index contributed by atoms with van der Waals surface area (Å²) in [5.74, 6) is 0.380. The first-order valence-electron chi connectivity index (χ1n) is 11.4. The summed E-state index contributed by atoms with van der Waals surface area (Å²) in [6.07, 6.45) is 14.0. The van der Waals surface area contributed by atoms with Gasteiger partial charge in [-0.05, 0) is 69.2 Å². The smallest absolute Gasteiger partial charge is 0.182 e. The third-order valence-electron chi connectivity index (χ3n) is 6.43. The molecule has 170 valence electrons. The largest absolute Gasteiger partial charge is 0.269 e. The van der Waals surface area contributed by atoms with E-state index in [1.165, 1.54) is 56.5 Å². The fourth-order valence-corrected chi connectivity index (χ4v) is 4.44. The molecule has 1 aromatic carbocycles. The van der Waals surface area contributed by atoms with E-state index in [2.05, 4.69) is 42.1 Å². The molecule has 0 spiro atoms. The first-order valence-corrected chi connectivity index (χ1v) is 11.8. The number of fused-ring (bicyclic) bond motifs is 1. The molecule has 3 heterocycles. The van der Waals surface area contributed by atoms with Gasteiger partial charge in [-0.1, -0.05) is 24.4 Å². The first-order chi connectivity index (χ1) is 16.0. The van der Waals surface area contributed by atoms with Gasteiger partial charge >= 0.3 is 0 Å². The van der Waals surface area contributed by atoms with Crippen molar-refractivity contribution in [2.75, 3.05) is 0 Å². The van der Waals surface area contributed by atoms with Crippen molar-refractivity contribution < 1.29 is 4.39 Å². The van der Waals surface area contributed by atoms with Gasteiger partial charge in [0.05, 0.1) is 23.6 Å². The molecule has 0 saturated heterocycles. The van der Waals surface area contributed by atoms with Crippen LogP contribution in [-0.4, -0.2) is 29.7 Å². The van der Waals surface area contributed by atoms with Crippen molar-refractivity contribution in [3.8, 4) is 11.3 Å². The van der Waals surface area contributed by atoms with Crippen molar-refractivity contribution in [1.82, 2.24) is 29.7 Å². The molecule has 8 heteroatoms. The summed E-state index contributed by atoms with van der Waals surface area (Å²) < 4.78 is 16.2. The normalized spacial score (nSPS) is 16.1. The van der Waals surface area contributed by atoms with Gasteiger partial charge in [-0.15, -0.1) is 0 Å². The molecule has 2 aliphatic carbocycles. The lowest BCUT2D eigenvalue weighted by Gasteiger charge is -2.07. The zero-order valence-electron chi connectivity index (χ0n) is 18.8. The van der Waals surface area contributed by atoms with Crippen molar-refractivity contribution in [2.45, 2.75) is 64.3 Å². The highest BCUT2D eigenvalue weighted by atomic mass is 35.5. The number of halogens is 2. The molecule has 0 amide bonds. The molecule has 6 rings (SSSR count). The summed E-state index contributed by atoms with van der Waals surface area (Å²) in [5, 5.41) is 4.78. The van der Waals surface area contributed by atoms with E-state index in [4.69, 9.17) is 11.6 Å². The molecular formula is C25H26ClFN6. The average molecular weight is 465 g/mol. The second-order valence-corrected chi connectivity index (χ2v) is 9.32. The molecular weight excluding hydrogens is 439 g/mol. The van der Waals surface area contributed by atoms with E-state index >= 15 is 0 Å². The van der Waals surface area contributed by atoms with Crippen LogP contribution in [0.1, 0.15) is 67.4 Å². The number of rotatable bonds is 3. The molecule has 2 aliphatic rings. The molecule has 33 heavy (non-hydrogen) atoms. The molecule has 0 aliphatic heterocycles. The lowest BCUT2D eigenvalue weighted by atomic mass is 10.0. The molecule has 6 nitrogen and oxygen atoms in total. The first kappa shape index (κ1) is 21.9. The van der Waals surface area contributed by atoms with Crippen LogP contribution in [0.5, 0.6) is 0 Å². The lowest BCUT2D eigenvalue weighted by Crippen LogP contribution is -1.99. The summed E-state index contributed by atoms with van der Waals surface area (Å²) >= 11 is 5.77. The minimum absolute atomic E-state index is 0.333. The number of aromatic nitrogens is 6. The van der Waals surface area contributed by atoms with Gasteiger partial charge in [0.1, 0.15) is 23.4 Å². The molecule has 0 atom stereocenters. The zero-order valence-corrected chi connectivity index (χ0v) is 19.6. The highest BCUT2D eigenvalue weighted by Crippen LogP contribution is 2.37. The fraction of sp³-hybridized carbons (Fsp3) is 0.400. The highest BCUT2D eigenvalue weighted by molar-refractivity contribution is 6.30. The Morgan fingerprint density at radius 2 is 1.76 bits per heavy atom. The SMILES string of the molecule is Cc1nc2ncnc(-c3ccc(Cl)cc3F)c2nc1C.c1nn(C2CC2)cc1C1CCCC1. The van der Waals surface area contributed by atoms with Gasteiger partial charge in [-0.25, -0.2) is 24.3 Å². The van der Waals surface area contributed by atoms with Crippen LogP contribution in [0.4, 0.5) is 4.39 Å². The molecule has 4 aromatic rings. The maximum atomic E-state index is 14.1. The predicted molar refractivity (Wildman–Crippen MR) is 127 cm³/mol. The van der Waals surface area contributed by atoms with E-state index in [0.717, 1.165) is 23.3 Å². The molecule has 0 N–H and O–H groups in total. The number of nitrogens with zero attached hydrogens (tertiary/aromatic N) is 6. The maximum Gasteiger partial charge on any atom is 0.182 e. The van der Waals surface area contributed by atoms with Gasteiger partial charge in [0.2, 0.25) is 0 Å². The molecule has 0 unspecified atom stereocenters. The Kier molecular flexibility index (Phi) is 6.06. The summed E-state index contributed by atoms with van der Waals surface area (Å²) in [6.45, 7) is 3.70. The summed E-state index contributed by atoms with van der Waals surface area (Å²) in [7, 11) is 0. The van der Waals surface area contributed by atoms with Gasteiger partial charge < -0.3 is 0 Å². The van der Waals surface area contributed by atoms with Gasteiger partial charge in [0.15, 0.2) is 5.65 Å². The molecule has 0 radical (unpaired) electrons. The number of aryl methyl sites for hydroxylation is 2. The van der Waals surface area contributed by atoms with E-state index in [1.807, 2.05) is 13.8 Å². The second-order valence-electron chi connectivity index (χ2n) is 8.88. The Morgan fingerprint density at radius 3 is 2.48 bits per heavy atom. The van der Waals surface area contributed by atoms with Crippen LogP contribution in [0.3, 0.4) is 0 Å². The number of hydrogen-bond acceptors (Lipinski definition) is 5. The van der Waals surface area contributed by atoms with Crippen molar-refractivity contribution in [2.24, 2.45) is 0 Å². The fourth-order valence-electron chi connectivity index (χ4n) is 4.28. The van der Waals surface area contributed by atoms with E-state index in [-0.39, 0.29) is 0 Å². The summed E-state index contributed by atoms with van der Waals surface area (Å²) in [6, 6.07) is 5.19. The summed E-state index contributed by atoms with van der Waals surface area (Å²) in [4.78, 5) is 17.0. The van der Waals surface area contributed by atoms with Crippen LogP contribution < -0.4 is 0 Å². The Labute approximate surface area is 197 Å². The average Bonchev–Trinajstić information content (AvgIpc) is 3.28. The molecule has 0 bridgehead atoms. The van der Waals surface area contributed by atoms with Crippen molar-refractivity contribution in [1.29, 1.82) is 0 Å². The van der Waals surface area contributed by atoms with Crippen molar-refractivity contribution in [3.63, 3.8) is 0 Å². The van der Waals surface area contributed by atoms with Gasteiger partial charge in [-0.3, -0.25) is 4.68 Å². The predicted octanol–water partition coefficient (Wildman–Crippen LogP) is 6.37. The number of hydrogen-bond donors (Lipinski definition) is 0. The van der Waals surface area contributed by atoms with Crippen LogP contribution >= 0.6 is 11.6 Å². The van der Waals surface area contributed by atoms with Crippen LogP contribution in [0.2, 0.25) is 5.02 Å². The Morgan fingerprint density at radius 1 is 1.00 bits per heavy atom. The van der Waals surface area contributed by atoms with E-state index < -0.39 is 5.82 Å². The van der Waals surface area contributed by atoms with Crippen molar-refractivity contribution in [3.05, 3.63) is 64.7 Å². The Balaban J connectivity index is 0.000000151. The van der Waals surface area contributed by atoms with E-state index in [0.29, 0.717) is 27.4 Å². The number of benzene rings is 1. The van der Waals surface area contributed by atoms with Gasteiger partial charge in [0, 0.05) is 16.8 Å². The van der Waals surface area contributed by atoms with Gasteiger partial charge in [0.25, 0.3) is 0 Å². The van der Waals surface area contributed by atoms with E-state index in [1.54, 1.807) is 12.1 Å². The molecule has 2 fully saturated rings. The van der Waals surface area contributed by atoms with Gasteiger partial charge in [-0.2, -0.15) is 5.10 Å². The Bertz CT molecular complexity index is 1290. The third-order valence-corrected chi connectivity index (χ3v) is 6.67. The minimum Gasteiger partial charge on any atom is -0.269 e. The topological polar surface area (TPSA) is 69.4 Å². The van der Waals surface area contributed by atoms with Crippen LogP contribution in [0.15, 0.2) is 36.9 Å². The molecule has 3 aromatic heterocycles.